The number of benzene rings is 1. The fourth-order valence-corrected chi connectivity index (χ4v) is 2.75. The molecule has 0 aliphatic rings. The summed E-state index contributed by atoms with van der Waals surface area (Å²) in [5.41, 5.74) is 1.35. The summed E-state index contributed by atoms with van der Waals surface area (Å²) in [6.45, 7) is 0. The monoisotopic (exact) mass is 296 g/mol. The van der Waals surface area contributed by atoms with E-state index in [0.29, 0.717) is 0 Å². The Kier molecular flexibility index (Phi) is 3.96. The number of hydrogen-bond donors (Lipinski definition) is 1. The lowest BCUT2D eigenvalue weighted by Crippen LogP contribution is -1.89. The van der Waals surface area contributed by atoms with Gasteiger partial charge in [-0.05, 0) is 24.5 Å². The molecule has 0 bridgehead atoms. The van der Waals surface area contributed by atoms with E-state index < -0.39 is 0 Å². The van der Waals surface area contributed by atoms with Crippen LogP contribution in [0, 0.1) is 0 Å². The van der Waals surface area contributed by atoms with Crippen molar-refractivity contribution in [2.75, 3.05) is 12.4 Å². The van der Waals surface area contributed by atoms with Crippen molar-refractivity contribution >= 4 is 32.4 Å². The van der Waals surface area contributed by atoms with Crippen molar-refractivity contribution in [3.05, 3.63) is 45.4 Å². The van der Waals surface area contributed by atoms with Gasteiger partial charge in [-0.15, -0.1) is 11.3 Å². The van der Waals surface area contributed by atoms with Crippen molar-refractivity contribution in [3.8, 4) is 0 Å². The molecule has 0 aliphatic carbocycles. The number of nitrogens with zero attached hydrogens (tertiary/aromatic N) is 1. The molecule has 0 amide bonds. The summed E-state index contributed by atoms with van der Waals surface area (Å²) in [6.07, 6.45) is 4.04. The Morgan fingerprint density at radius 3 is 2.81 bits per heavy atom. The molecule has 0 aliphatic heterocycles. The van der Waals surface area contributed by atoms with Crippen LogP contribution in [0.5, 0.6) is 0 Å². The maximum absolute atomic E-state index is 4.27. The zero-order valence-electron chi connectivity index (χ0n) is 9.03. The Labute approximate surface area is 108 Å². The standard InChI is InChI=1S/C12H13BrN2S/c1-14-12-15-8-10(16-12)7-6-9-4-2-3-5-11(9)13/h2-5,8H,6-7H2,1H3,(H,14,15). The van der Waals surface area contributed by atoms with E-state index in [2.05, 4.69) is 44.4 Å². The molecule has 2 nitrogen and oxygen atoms in total. The Bertz CT molecular complexity index is 468. The van der Waals surface area contributed by atoms with Crippen molar-refractivity contribution < 1.29 is 0 Å². The van der Waals surface area contributed by atoms with Gasteiger partial charge >= 0.3 is 0 Å². The van der Waals surface area contributed by atoms with E-state index >= 15 is 0 Å². The van der Waals surface area contributed by atoms with Gasteiger partial charge in [0.2, 0.25) is 0 Å². The topological polar surface area (TPSA) is 24.9 Å². The first-order chi connectivity index (χ1) is 7.79. The lowest BCUT2D eigenvalue weighted by molar-refractivity contribution is 0.970. The second kappa shape index (κ2) is 5.46. The summed E-state index contributed by atoms with van der Waals surface area (Å²) >= 11 is 5.28. The molecule has 0 fully saturated rings. The summed E-state index contributed by atoms with van der Waals surface area (Å²) in [5.74, 6) is 0. The minimum Gasteiger partial charge on any atom is -0.365 e. The normalized spacial score (nSPS) is 10.4. The number of rotatable bonds is 4. The van der Waals surface area contributed by atoms with Crippen LogP contribution >= 0.6 is 27.3 Å². The summed E-state index contributed by atoms with van der Waals surface area (Å²) in [6, 6.07) is 8.36. The van der Waals surface area contributed by atoms with Gasteiger partial charge in [-0.1, -0.05) is 34.1 Å². The van der Waals surface area contributed by atoms with E-state index in [-0.39, 0.29) is 0 Å². The van der Waals surface area contributed by atoms with Crippen LogP contribution in [0.25, 0.3) is 0 Å². The van der Waals surface area contributed by atoms with Gasteiger partial charge in [0.1, 0.15) is 0 Å². The summed E-state index contributed by atoms with van der Waals surface area (Å²) in [7, 11) is 1.90. The summed E-state index contributed by atoms with van der Waals surface area (Å²) in [5, 5.41) is 4.04. The van der Waals surface area contributed by atoms with Crippen LogP contribution in [0.3, 0.4) is 0 Å². The molecule has 0 unspecified atom stereocenters. The number of aryl methyl sites for hydroxylation is 2. The fraction of sp³-hybridized carbons (Fsp3) is 0.250. The van der Waals surface area contributed by atoms with Crippen molar-refractivity contribution in [3.63, 3.8) is 0 Å². The van der Waals surface area contributed by atoms with Gasteiger partial charge in [0.05, 0.1) is 0 Å². The predicted octanol–water partition coefficient (Wildman–Crippen LogP) is 3.73. The second-order valence-electron chi connectivity index (χ2n) is 3.47. The van der Waals surface area contributed by atoms with E-state index in [1.807, 2.05) is 19.3 Å². The second-order valence-corrected chi connectivity index (χ2v) is 5.44. The molecule has 0 atom stereocenters. The van der Waals surface area contributed by atoms with E-state index in [0.717, 1.165) is 18.0 Å². The van der Waals surface area contributed by atoms with Crippen LogP contribution in [0.15, 0.2) is 34.9 Å². The number of hydrogen-bond acceptors (Lipinski definition) is 3. The van der Waals surface area contributed by atoms with Crippen molar-refractivity contribution in [1.82, 2.24) is 4.98 Å². The first-order valence-corrected chi connectivity index (χ1v) is 6.76. The van der Waals surface area contributed by atoms with Gasteiger partial charge in [0.25, 0.3) is 0 Å². The number of nitrogens with one attached hydrogen (secondary N) is 1. The SMILES string of the molecule is CNc1ncc(CCc2ccccc2Br)s1. The van der Waals surface area contributed by atoms with Crippen molar-refractivity contribution in [2.45, 2.75) is 12.8 Å². The van der Waals surface area contributed by atoms with Gasteiger partial charge in [0.15, 0.2) is 5.13 Å². The summed E-state index contributed by atoms with van der Waals surface area (Å²) < 4.78 is 1.19. The molecular formula is C12H13BrN2S. The molecule has 84 valence electrons. The Morgan fingerprint density at radius 1 is 1.31 bits per heavy atom. The lowest BCUT2D eigenvalue weighted by Gasteiger charge is -2.01. The largest absolute Gasteiger partial charge is 0.365 e. The molecule has 0 spiro atoms. The number of thiazole rings is 1. The number of anilines is 1. The van der Waals surface area contributed by atoms with Crippen LogP contribution in [0.2, 0.25) is 0 Å². The van der Waals surface area contributed by atoms with Gasteiger partial charge < -0.3 is 5.32 Å². The zero-order chi connectivity index (χ0) is 11.4. The van der Waals surface area contributed by atoms with Crippen LogP contribution in [-0.2, 0) is 12.8 Å². The third-order valence-corrected chi connectivity index (χ3v) is 4.21. The average molecular weight is 297 g/mol. The van der Waals surface area contributed by atoms with Gasteiger partial charge in [-0.2, -0.15) is 0 Å². The van der Waals surface area contributed by atoms with E-state index in [1.165, 1.54) is 14.9 Å². The number of halogens is 1. The minimum atomic E-state index is 0.988. The molecule has 0 saturated carbocycles. The first-order valence-electron chi connectivity index (χ1n) is 5.15. The number of aromatic nitrogens is 1. The van der Waals surface area contributed by atoms with Crippen LogP contribution in [0.1, 0.15) is 10.4 Å². The zero-order valence-corrected chi connectivity index (χ0v) is 11.4. The fourth-order valence-electron chi connectivity index (χ4n) is 1.50. The van der Waals surface area contributed by atoms with Crippen molar-refractivity contribution in [1.29, 1.82) is 0 Å². The maximum Gasteiger partial charge on any atom is 0.182 e. The first kappa shape index (κ1) is 11.6. The minimum absolute atomic E-state index is 0.988. The average Bonchev–Trinajstić information content (AvgIpc) is 2.76. The van der Waals surface area contributed by atoms with E-state index in [9.17, 15) is 0 Å². The van der Waals surface area contributed by atoms with Gasteiger partial charge in [-0.25, -0.2) is 4.98 Å². The highest BCUT2D eigenvalue weighted by atomic mass is 79.9. The molecule has 4 heteroatoms. The molecule has 0 saturated heterocycles. The predicted molar refractivity (Wildman–Crippen MR) is 73.2 cm³/mol. The van der Waals surface area contributed by atoms with Crippen LogP contribution in [0.4, 0.5) is 5.13 Å². The van der Waals surface area contributed by atoms with Gasteiger partial charge in [0, 0.05) is 22.6 Å². The highest BCUT2D eigenvalue weighted by Crippen LogP contribution is 2.22. The highest BCUT2D eigenvalue weighted by Gasteiger charge is 2.02. The van der Waals surface area contributed by atoms with Crippen LogP contribution < -0.4 is 5.32 Å². The molecule has 2 aromatic rings. The smallest absolute Gasteiger partial charge is 0.182 e. The molecular weight excluding hydrogens is 284 g/mol. The quantitative estimate of drug-likeness (QED) is 0.930. The summed E-state index contributed by atoms with van der Waals surface area (Å²) in [4.78, 5) is 5.58. The lowest BCUT2D eigenvalue weighted by atomic mass is 10.1. The molecule has 1 aromatic heterocycles. The van der Waals surface area contributed by atoms with E-state index in [4.69, 9.17) is 0 Å². The Hall–Kier alpha value is -0.870. The third-order valence-electron chi connectivity index (χ3n) is 2.37. The molecule has 1 aromatic carbocycles. The molecule has 1 N–H and O–H groups in total. The molecule has 2 rings (SSSR count). The Morgan fingerprint density at radius 2 is 2.12 bits per heavy atom. The van der Waals surface area contributed by atoms with Crippen molar-refractivity contribution in [2.24, 2.45) is 0 Å². The Balaban J connectivity index is 1.99. The molecule has 1 heterocycles. The molecule has 16 heavy (non-hydrogen) atoms. The van der Waals surface area contributed by atoms with Gasteiger partial charge in [-0.3, -0.25) is 0 Å². The maximum atomic E-state index is 4.27. The van der Waals surface area contributed by atoms with E-state index in [1.54, 1.807) is 11.3 Å². The van der Waals surface area contributed by atoms with Crippen LogP contribution in [-0.4, -0.2) is 12.0 Å². The molecule has 0 radical (unpaired) electrons. The third kappa shape index (κ3) is 2.83. The highest BCUT2D eigenvalue weighted by molar-refractivity contribution is 9.10.